The third-order valence-electron chi connectivity index (χ3n) is 3.85. The smallest absolute Gasteiger partial charge is 0.356 e. The first kappa shape index (κ1) is 12.9. The minimum atomic E-state index is -0.986. The molecule has 1 aromatic carbocycles. The van der Waals surface area contributed by atoms with Crippen molar-refractivity contribution in [1.29, 1.82) is 0 Å². The molecule has 1 unspecified atom stereocenters. The van der Waals surface area contributed by atoms with Gasteiger partial charge in [0.2, 0.25) is 0 Å². The molecule has 0 saturated carbocycles. The number of fused-ring (bicyclic) bond motifs is 1. The molecule has 1 aromatic heterocycles. The lowest BCUT2D eigenvalue weighted by molar-refractivity contribution is 0.0689. The summed E-state index contributed by atoms with van der Waals surface area (Å²) in [4.78, 5) is 10.8. The van der Waals surface area contributed by atoms with E-state index in [-0.39, 0.29) is 5.69 Å². The number of hydrogen-bond donors (Lipinski definition) is 2. The van der Waals surface area contributed by atoms with Crippen molar-refractivity contribution >= 4 is 5.97 Å². The summed E-state index contributed by atoms with van der Waals surface area (Å²) >= 11 is 0. The van der Waals surface area contributed by atoms with Gasteiger partial charge in [0.25, 0.3) is 0 Å². The number of rotatable bonds is 5. The highest BCUT2D eigenvalue weighted by Gasteiger charge is 2.24. The van der Waals surface area contributed by atoms with E-state index >= 15 is 0 Å². The second kappa shape index (κ2) is 5.09. The van der Waals surface area contributed by atoms with Crippen LogP contribution in [0.3, 0.4) is 0 Å². The number of nitrogens with one attached hydrogen (secondary N) is 1. The van der Waals surface area contributed by atoms with Gasteiger partial charge in [0.05, 0.1) is 5.69 Å². The van der Waals surface area contributed by atoms with Crippen LogP contribution in [0.15, 0.2) is 30.3 Å². The van der Waals surface area contributed by atoms with Crippen LogP contribution < -0.4 is 5.32 Å². The van der Waals surface area contributed by atoms with Crippen molar-refractivity contribution in [1.82, 2.24) is 15.1 Å². The fraction of sp³-hybridized carbons (Fsp3) is 0.333. The molecule has 0 bridgehead atoms. The van der Waals surface area contributed by atoms with Crippen molar-refractivity contribution in [3.05, 3.63) is 52.8 Å². The van der Waals surface area contributed by atoms with Gasteiger partial charge in [0.1, 0.15) is 0 Å². The van der Waals surface area contributed by atoms with Crippen LogP contribution in [0.1, 0.15) is 33.2 Å². The molecule has 5 heteroatoms. The van der Waals surface area contributed by atoms with Gasteiger partial charge in [-0.05, 0) is 23.6 Å². The number of hydrogen-bond acceptors (Lipinski definition) is 3. The molecular weight excluding hydrogens is 254 g/mol. The minimum absolute atomic E-state index is 0.0956. The molecule has 3 rings (SSSR count). The number of aryl methyl sites for hydroxylation is 1. The van der Waals surface area contributed by atoms with Crippen molar-refractivity contribution in [3.63, 3.8) is 0 Å². The third kappa shape index (κ3) is 2.32. The quantitative estimate of drug-likeness (QED) is 0.866. The Balaban J connectivity index is 1.55. The number of nitrogens with zero attached hydrogens (tertiary/aromatic N) is 2. The number of carboxylic acids is 1. The molecule has 20 heavy (non-hydrogen) atoms. The molecule has 2 aromatic rings. The van der Waals surface area contributed by atoms with Crippen LogP contribution >= 0.6 is 0 Å². The predicted octanol–water partition coefficient (Wildman–Crippen LogP) is 1.55. The topological polar surface area (TPSA) is 67.2 Å². The second-order valence-corrected chi connectivity index (χ2v) is 5.18. The van der Waals surface area contributed by atoms with Crippen LogP contribution in [0, 0.1) is 0 Å². The van der Waals surface area contributed by atoms with Crippen molar-refractivity contribution in [2.24, 2.45) is 7.05 Å². The number of aromatic nitrogens is 2. The molecule has 1 heterocycles. The number of benzene rings is 1. The van der Waals surface area contributed by atoms with E-state index in [1.807, 2.05) is 0 Å². The summed E-state index contributed by atoms with van der Waals surface area (Å²) in [6, 6.07) is 10.1. The molecule has 2 N–H and O–H groups in total. The van der Waals surface area contributed by atoms with Gasteiger partial charge >= 0.3 is 5.97 Å². The van der Waals surface area contributed by atoms with Crippen LogP contribution in [-0.4, -0.2) is 27.4 Å². The van der Waals surface area contributed by atoms with Crippen molar-refractivity contribution < 1.29 is 9.90 Å². The maximum atomic E-state index is 10.8. The van der Waals surface area contributed by atoms with Gasteiger partial charge in [-0.25, -0.2) is 4.79 Å². The van der Waals surface area contributed by atoms with Gasteiger partial charge < -0.3 is 10.4 Å². The first-order chi connectivity index (χ1) is 9.65. The Morgan fingerprint density at radius 2 is 2.30 bits per heavy atom. The normalized spacial score (nSPS) is 16.6. The van der Waals surface area contributed by atoms with Gasteiger partial charge in [-0.1, -0.05) is 24.3 Å². The van der Waals surface area contributed by atoms with Gasteiger partial charge in [0.15, 0.2) is 5.69 Å². The lowest BCUT2D eigenvalue weighted by Crippen LogP contribution is -2.29. The number of aromatic carboxylic acids is 1. The Hall–Kier alpha value is -2.14. The van der Waals surface area contributed by atoms with Crippen LogP contribution in [0.5, 0.6) is 0 Å². The Labute approximate surface area is 117 Å². The van der Waals surface area contributed by atoms with E-state index in [1.54, 1.807) is 17.8 Å². The summed E-state index contributed by atoms with van der Waals surface area (Å²) in [5.41, 5.74) is 3.84. The van der Waals surface area contributed by atoms with Gasteiger partial charge in [-0.3, -0.25) is 4.68 Å². The monoisotopic (exact) mass is 271 g/mol. The molecule has 104 valence electrons. The van der Waals surface area contributed by atoms with Crippen LogP contribution in [0.4, 0.5) is 0 Å². The average Bonchev–Trinajstić information content (AvgIpc) is 2.77. The largest absolute Gasteiger partial charge is 0.476 e. The van der Waals surface area contributed by atoms with E-state index in [0.717, 1.165) is 18.7 Å². The van der Waals surface area contributed by atoms with Gasteiger partial charge in [-0.2, -0.15) is 5.10 Å². The Kier molecular flexibility index (Phi) is 3.28. The highest BCUT2D eigenvalue weighted by Crippen LogP contribution is 2.33. The molecule has 0 saturated heterocycles. The lowest BCUT2D eigenvalue weighted by atomic mass is 9.77. The molecule has 5 nitrogen and oxygen atoms in total. The summed E-state index contributed by atoms with van der Waals surface area (Å²) in [6.45, 7) is 1.54. The van der Waals surface area contributed by atoms with E-state index < -0.39 is 5.97 Å². The SMILES string of the molecule is Cn1nc(C(=O)O)cc1CNCC1Cc2ccccc21. The Bertz CT molecular complexity index is 648. The minimum Gasteiger partial charge on any atom is -0.476 e. The predicted molar refractivity (Wildman–Crippen MR) is 74.8 cm³/mol. The zero-order chi connectivity index (χ0) is 14.1. The highest BCUT2D eigenvalue weighted by molar-refractivity contribution is 5.85. The standard InChI is InChI=1S/C15H17N3O2/c1-18-12(7-14(17-18)15(19)20)9-16-8-11-6-10-4-2-3-5-13(10)11/h2-5,7,11,16H,6,8-9H2,1H3,(H,19,20). The third-order valence-corrected chi connectivity index (χ3v) is 3.85. The van der Waals surface area contributed by atoms with E-state index in [2.05, 4.69) is 34.7 Å². The Morgan fingerprint density at radius 1 is 1.50 bits per heavy atom. The summed E-state index contributed by atoms with van der Waals surface area (Å²) in [7, 11) is 1.77. The molecule has 0 spiro atoms. The van der Waals surface area contributed by atoms with E-state index in [4.69, 9.17) is 5.11 Å². The molecule has 1 atom stereocenters. The maximum Gasteiger partial charge on any atom is 0.356 e. The first-order valence-corrected chi connectivity index (χ1v) is 6.70. The molecule has 1 aliphatic carbocycles. The lowest BCUT2D eigenvalue weighted by Gasteiger charge is -2.30. The second-order valence-electron chi connectivity index (χ2n) is 5.18. The number of carbonyl (C=O) groups is 1. The van der Waals surface area contributed by atoms with Crippen LogP contribution in [0.25, 0.3) is 0 Å². The molecule has 0 aliphatic heterocycles. The fourth-order valence-corrected chi connectivity index (χ4v) is 2.70. The number of carboxylic acid groups (broad SMARTS) is 1. The van der Waals surface area contributed by atoms with Crippen molar-refractivity contribution in [2.75, 3.05) is 6.54 Å². The maximum absolute atomic E-state index is 10.8. The zero-order valence-electron chi connectivity index (χ0n) is 11.3. The summed E-state index contributed by atoms with van der Waals surface area (Å²) in [6.07, 6.45) is 1.12. The summed E-state index contributed by atoms with van der Waals surface area (Å²) < 4.78 is 1.62. The molecular formula is C15H17N3O2. The molecule has 1 aliphatic rings. The van der Waals surface area contributed by atoms with Gasteiger partial charge in [0, 0.05) is 26.1 Å². The summed E-state index contributed by atoms with van der Waals surface area (Å²) in [5, 5.41) is 16.2. The Morgan fingerprint density at radius 3 is 3.00 bits per heavy atom. The van der Waals surface area contributed by atoms with Crippen molar-refractivity contribution in [2.45, 2.75) is 18.9 Å². The van der Waals surface area contributed by atoms with E-state index in [9.17, 15) is 4.79 Å². The highest BCUT2D eigenvalue weighted by atomic mass is 16.4. The van der Waals surface area contributed by atoms with Crippen molar-refractivity contribution in [3.8, 4) is 0 Å². The average molecular weight is 271 g/mol. The van der Waals surface area contributed by atoms with Crippen LogP contribution in [0.2, 0.25) is 0 Å². The van der Waals surface area contributed by atoms with Crippen LogP contribution in [-0.2, 0) is 20.0 Å². The molecule has 0 radical (unpaired) electrons. The fourth-order valence-electron chi connectivity index (χ4n) is 2.70. The molecule has 0 amide bonds. The molecule has 0 fully saturated rings. The van der Waals surface area contributed by atoms with E-state index in [1.165, 1.54) is 11.1 Å². The first-order valence-electron chi connectivity index (χ1n) is 6.70. The van der Waals surface area contributed by atoms with Gasteiger partial charge in [-0.15, -0.1) is 0 Å². The zero-order valence-corrected chi connectivity index (χ0v) is 11.3. The summed E-state index contributed by atoms with van der Waals surface area (Å²) in [5.74, 6) is -0.418. The van der Waals surface area contributed by atoms with E-state index in [0.29, 0.717) is 12.5 Å².